The van der Waals surface area contributed by atoms with Gasteiger partial charge >= 0.3 is 0 Å². The zero-order valence-corrected chi connectivity index (χ0v) is 7.34. The third kappa shape index (κ3) is 1.00. The zero-order valence-electron chi connectivity index (χ0n) is 7.34. The highest BCUT2D eigenvalue weighted by Gasteiger charge is 2.38. The molecule has 0 aromatic carbocycles. The number of aliphatic imine (C=N–C) groups is 1. The van der Waals surface area contributed by atoms with Gasteiger partial charge in [-0.15, -0.1) is 0 Å². The summed E-state index contributed by atoms with van der Waals surface area (Å²) in [7, 11) is 0. The molecule has 0 spiro atoms. The van der Waals surface area contributed by atoms with Crippen molar-refractivity contribution < 1.29 is 4.48 Å². The van der Waals surface area contributed by atoms with Crippen molar-refractivity contribution in [2.24, 2.45) is 4.99 Å². The molecule has 2 heteroatoms. The van der Waals surface area contributed by atoms with Gasteiger partial charge in [-0.1, -0.05) is 0 Å². The summed E-state index contributed by atoms with van der Waals surface area (Å²) in [5.41, 5.74) is 0. The molecular weight excluding hydrogens is 136 g/mol. The van der Waals surface area contributed by atoms with Gasteiger partial charge < -0.3 is 0 Å². The van der Waals surface area contributed by atoms with Crippen molar-refractivity contribution in [1.29, 1.82) is 0 Å². The Bertz CT molecular complexity index is 186. The first-order chi connectivity index (χ1) is 5.37. The van der Waals surface area contributed by atoms with Crippen LogP contribution in [0.3, 0.4) is 0 Å². The van der Waals surface area contributed by atoms with Crippen molar-refractivity contribution in [3.63, 3.8) is 0 Å². The van der Waals surface area contributed by atoms with Gasteiger partial charge in [0.15, 0.2) is 5.84 Å². The Hall–Kier alpha value is -0.370. The smallest absolute Gasteiger partial charge is 0.198 e. The Morgan fingerprint density at radius 3 is 2.91 bits per heavy atom. The van der Waals surface area contributed by atoms with E-state index in [0.29, 0.717) is 0 Å². The average molecular weight is 153 g/mol. The van der Waals surface area contributed by atoms with Crippen LogP contribution in [-0.2, 0) is 0 Å². The van der Waals surface area contributed by atoms with Crippen molar-refractivity contribution in [3.05, 3.63) is 0 Å². The number of amidine groups is 1. The highest BCUT2D eigenvalue weighted by atomic mass is 15.4. The van der Waals surface area contributed by atoms with Gasteiger partial charge in [-0.2, -0.15) is 0 Å². The standard InChI is InChI=1S/C9H17N2/c1-2-11-7-3-5-9(11)10-6-4-8-11/h2-8H2,1H3/q+1. The number of nitrogens with zero attached hydrogens (tertiary/aromatic N) is 2. The predicted octanol–water partition coefficient (Wildman–Crippen LogP) is 1.42. The van der Waals surface area contributed by atoms with Gasteiger partial charge in [0.25, 0.3) is 0 Å². The third-order valence-electron chi connectivity index (χ3n) is 3.18. The molecule has 0 saturated carbocycles. The molecule has 2 rings (SSSR count). The summed E-state index contributed by atoms with van der Waals surface area (Å²) in [4.78, 5) is 4.62. The highest BCUT2D eigenvalue weighted by Crippen LogP contribution is 2.25. The molecule has 0 aromatic heterocycles. The maximum absolute atomic E-state index is 4.62. The fourth-order valence-corrected chi connectivity index (χ4v) is 2.46. The molecule has 2 heterocycles. The van der Waals surface area contributed by atoms with Gasteiger partial charge in [-0.05, 0) is 6.92 Å². The molecule has 2 aliphatic heterocycles. The molecule has 1 saturated heterocycles. The van der Waals surface area contributed by atoms with Crippen molar-refractivity contribution in [1.82, 2.24) is 0 Å². The minimum atomic E-state index is 1.09. The Morgan fingerprint density at radius 2 is 2.18 bits per heavy atom. The minimum absolute atomic E-state index is 1.09. The SMILES string of the molecule is CC[N+]12CCCN=C1CCC2. The number of quaternary nitrogens is 1. The van der Waals surface area contributed by atoms with Crippen LogP contribution >= 0.6 is 0 Å². The van der Waals surface area contributed by atoms with Gasteiger partial charge in [0.2, 0.25) is 0 Å². The van der Waals surface area contributed by atoms with Crippen LogP contribution in [0.5, 0.6) is 0 Å². The van der Waals surface area contributed by atoms with Crippen LogP contribution in [0.1, 0.15) is 26.2 Å². The molecule has 1 unspecified atom stereocenters. The van der Waals surface area contributed by atoms with Crippen molar-refractivity contribution in [2.45, 2.75) is 26.2 Å². The topological polar surface area (TPSA) is 12.4 Å². The van der Waals surface area contributed by atoms with Gasteiger partial charge in [0.05, 0.1) is 19.6 Å². The molecule has 0 radical (unpaired) electrons. The molecule has 0 amide bonds. The van der Waals surface area contributed by atoms with E-state index in [1.54, 1.807) is 0 Å². The fraction of sp³-hybridized carbons (Fsp3) is 0.889. The van der Waals surface area contributed by atoms with Crippen LogP contribution in [0.4, 0.5) is 0 Å². The quantitative estimate of drug-likeness (QED) is 0.505. The van der Waals surface area contributed by atoms with E-state index in [0.717, 1.165) is 6.54 Å². The Kier molecular flexibility index (Phi) is 1.72. The van der Waals surface area contributed by atoms with Crippen molar-refractivity contribution >= 4 is 5.84 Å². The number of fused-ring (bicyclic) bond motifs is 1. The lowest BCUT2D eigenvalue weighted by atomic mass is 10.2. The first kappa shape index (κ1) is 7.29. The molecule has 0 bridgehead atoms. The molecule has 11 heavy (non-hydrogen) atoms. The summed E-state index contributed by atoms with van der Waals surface area (Å²) < 4.78 is 1.24. The molecule has 62 valence electrons. The Balaban J connectivity index is 2.27. The van der Waals surface area contributed by atoms with E-state index in [-0.39, 0.29) is 0 Å². The van der Waals surface area contributed by atoms with Crippen LogP contribution in [-0.4, -0.2) is 36.5 Å². The lowest BCUT2D eigenvalue weighted by Gasteiger charge is -2.35. The van der Waals surface area contributed by atoms with E-state index in [9.17, 15) is 0 Å². The van der Waals surface area contributed by atoms with Gasteiger partial charge in [0, 0.05) is 25.8 Å². The second kappa shape index (κ2) is 2.59. The van der Waals surface area contributed by atoms with E-state index in [2.05, 4.69) is 11.9 Å². The van der Waals surface area contributed by atoms with E-state index in [1.165, 1.54) is 49.2 Å². The normalized spacial score (nSPS) is 36.6. The second-order valence-electron chi connectivity index (χ2n) is 3.66. The Morgan fingerprint density at radius 1 is 1.36 bits per heavy atom. The Labute approximate surface area is 68.5 Å². The maximum Gasteiger partial charge on any atom is 0.198 e. The number of hydrogen-bond donors (Lipinski definition) is 0. The van der Waals surface area contributed by atoms with Gasteiger partial charge in [0.1, 0.15) is 0 Å². The minimum Gasteiger partial charge on any atom is -0.279 e. The summed E-state index contributed by atoms with van der Waals surface area (Å²) in [5.74, 6) is 1.50. The molecule has 0 aliphatic carbocycles. The monoisotopic (exact) mass is 153 g/mol. The molecule has 0 N–H and O–H groups in total. The van der Waals surface area contributed by atoms with Crippen LogP contribution in [0, 0.1) is 0 Å². The van der Waals surface area contributed by atoms with Crippen LogP contribution in [0.25, 0.3) is 0 Å². The fourth-order valence-electron chi connectivity index (χ4n) is 2.46. The predicted molar refractivity (Wildman–Crippen MR) is 46.7 cm³/mol. The second-order valence-corrected chi connectivity index (χ2v) is 3.66. The molecule has 1 fully saturated rings. The highest BCUT2D eigenvalue weighted by molar-refractivity contribution is 5.77. The van der Waals surface area contributed by atoms with E-state index >= 15 is 0 Å². The van der Waals surface area contributed by atoms with Crippen molar-refractivity contribution in [3.8, 4) is 0 Å². The summed E-state index contributed by atoms with van der Waals surface area (Å²) in [6.07, 6.45) is 3.94. The van der Waals surface area contributed by atoms with Crippen LogP contribution in [0.2, 0.25) is 0 Å². The number of hydrogen-bond acceptors (Lipinski definition) is 1. The van der Waals surface area contributed by atoms with Gasteiger partial charge in [-0.25, -0.2) is 4.99 Å². The maximum atomic E-state index is 4.62. The molecule has 1 atom stereocenters. The van der Waals surface area contributed by atoms with Crippen LogP contribution in [0.15, 0.2) is 4.99 Å². The largest absolute Gasteiger partial charge is 0.279 e. The average Bonchev–Trinajstić information content (AvgIpc) is 2.48. The summed E-state index contributed by atoms with van der Waals surface area (Å²) in [5, 5.41) is 0. The molecule has 0 aromatic rings. The summed E-state index contributed by atoms with van der Waals surface area (Å²) in [6, 6.07) is 0. The molecule has 2 nitrogen and oxygen atoms in total. The van der Waals surface area contributed by atoms with Crippen molar-refractivity contribution in [2.75, 3.05) is 26.2 Å². The third-order valence-corrected chi connectivity index (χ3v) is 3.18. The summed E-state index contributed by atoms with van der Waals surface area (Å²) >= 11 is 0. The zero-order chi connectivity index (χ0) is 7.73. The molecule has 2 aliphatic rings. The van der Waals surface area contributed by atoms with Crippen LogP contribution < -0.4 is 0 Å². The number of rotatable bonds is 1. The lowest BCUT2D eigenvalue weighted by molar-refractivity contribution is -0.835. The van der Waals surface area contributed by atoms with E-state index in [1.807, 2.05) is 0 Å². The first-order valence-corrected chi connectivity index (χ1v) is 4.77. The van der Waals surface area contributed by atoms with E-state index < -0.39 is 0 Å². The van der Waals surface area contributed by atoms with E-state index in [4.69, 9.17) is 0 Å². The van der Waals surface area contributed by atoms with Gasteiger partial charge in [-0.3, -0.25) is 4.48 Å². The lowest BCUT2D eigenvalue weighted by Crippen LogP contribution is -2.51. The molecular formula is C9H17N2+. The first-order valence-electron chi connectivity index (χ1n) is 4.77. The summed E-state index contributed by atoms with van der Waals surface area (Å²) in [6.45, 7) is 7.37.